The van der Waals surface area contributed by atoms with Crippen LogP contribution in [0.3, 0.4) is 0 Å². The minimum absolute atomic E-state index is 0.494. The lowest BCUT2D eigenvalue weighted by Crippen LogP contribution is -2.44. The van der Waals surface area contributed by atoms with Crippen LogP contribution in [0.15, 0.2) is 46.0 Å². The Bertz CT molecular complexity index is 737. The molecule has 1 aromatic heterocycles. The Morgan fingerprint density at radius 1 is 1.11 bits per heavy atom. The van der Waals surface area contributed by atoms with Crippen LogP contribution in [-0.2, 0) is 13.0 Å². The van der Waals surface area contributed by atoms with Crippen molar-refractivity contribution in [2.45, 2.75) is 51.1 Å². The monoisotopic (exact) mass is 385 g/mol. The molecular weight excluding hydrogens is 354 g/mol. The predicted octanol–water partition coefficient (Wildman–Crippen LogP) is 3.91. The molecule has 0 atom stereocenters. The zero-order valence-corrected chi connectivity index (χ0v) is 16.9. The summed E-state index contributed by atoms with van der Waals surface area (Å²) >= 11 is 0. The van der Waals surface area contributed by atoms with Gasteiger partial charge in [-0.25, -0.2) is 4.99 Å². The molecule has 2 N–H and O–H groups in total. The lowest BCUT2D eigenvalue weighted by atomic mass is 9.96. The summed E-state index contributed by atoms with van der Waals surface area (Å²) in [6.07, 6.45) is 8.85. The summed E-state index contributed by atoms with van der Waals surface area (Å²) in [5, 5.41) is 7.06. The third-order valence-corrected chi connectivity index (χ3v) is 5.06. The number of methoxy groups -OCH3 is 2. The van der Waals surface area contributed by atoms with Gasteiger partial charge in [0.2, 0.25) is 0 Å². The van der Waals surface area contributed by atoms with Crippen molar-refractivity contribution in [1.82, 2.24) is 10.6 Å². The van der Waals surface area contributed by atoms with Crippen LogP contribution in [0.25, 0.3) is 0 Å². The molecule has 6 nitrogen and oxygen atoms in total. The van der Waals surface area contributed by atoms with Gasteiger partial charge in [0.05, 0.1) is 27.0 Å². The maximum Gasteiger partial charge on any atom is 0.191 e. The first kappa shape index (κ1) is 20.1. The summed E-state index contributed by atoms with van der Waals surface area (Å²) in [6, 6.07) is 10.3. The quantitative estimate of drug-likeness (QED) is 0.533. The van der Waals surface area contributed by atoms with Crippen LogP contribution in [0.5, 0.6) is 11.5 Å². The van der Waals surface area contributed by atoms with E-state index in [2.05, 4.69) is 10.6 Å². The molecule has 1 fully saturated rings. The number of furan rings is 1. The lowest BCUT2D eigenvalue weighted by molar-refractivity contribution is 0.354. The van der Waals surface area contributed by atoms with Crippen molar-refractivity contribution in [3.8, 4) is 11.5 Å². The first-order valence-electron chi connectivity index (χ1n) is 10.1. The fourth-order valence-corrected chi connectivity index (χ4v) is 3.50. The van der Waals surface area contributed by atoms with Gasteiger partial charge in [0.15, 0.2) is 17.5 Å². The summed E-state index contributed by atoms with van der Waals surface area (Å²) in [5.74, 6) is 3.28. The molecule has 1 heterocycles. The molecule has 152 valence electrons. The van der Waals surface area contributed by atoms with Crippen LogP contribution in [0.2, 0.25) is 0 Å². The van der Waals surface area contributed by atoms with Gasteiger partial charge in [-0.1, -0.05) is 25.3 Å². The van der Waals surface area contributed by atoms with Crippen molar-refractivity contribution in [1.29, 1.82) is 0 Å². The fraction of sp³-hybridized carbons (Fsp3) is 0.500. The summed E-state index contributed by atoms with van der Waals surface area (Å²) in [7, 11) is 3.29. The molecule has 0 saturated heterocycles. The third kappa shape index (κ3) is 5.94. The number of benzene rings is 1. The number of ether oxygens (including phenoxy) is 2. The largest absolute Gasteiger partial charge is 0.493 e. The molecule has 6 heteroatoms. The van der Waals surface area contributed by atoms with Crippen molar-refractivity contribution in [2.75, 3.05) is 20.8 Å². The van der Waals surface area contributed by atoms with E-state index >= 15 is 0 Å². The minimum Gasteiger partial charge on any atom is -0.493 e. The topological polar surface area (TPSA) is 68.0 Å². The molecule has 0 amide bonds. The third-order valence-electron chi connectivity index (χ3n) is 5.06. The number of hydrogen-bond acceptors (Lipinski definition) is 4. The molecule has 1 aliphatic carbocycles. The molecule has 0 unspecified atom stereocenters. The van der Waals surface area contributed by atoms with Crippen LogP contribution < -0.4 is 20.1 Å². The van der Waals surface area contributed by atoms with E-state index in [4.69, 9.17) is 18.9 Å². The fourth-order valence-electron chi connectivity index (χ4n) is 3.50. The summed E-state index contributed by atoms with van der Waals surface area (Å²) < 4.78 is 16.1. The second-order valence-corrected chi connectivity index (χ2v) is 7.09. The molecule has 28 heavy (non-hydrogen) atoms. The highest BCUT2D eigenvalue weighted by molar-refractivity contribution is 5.80. The SMILES string of the molecule is COc1ccc(CN=C(NCCc2ccco2)NC2CCCCC2)cc1OC. The van der Waals surface area contributed by atoms with E-state index in [1.165, 1.54) is 32.1 Å². The number of hydrogen-bond donors (Lipinski definition) is 2. The van der Waals surface area contributed by atoms with E-state index in [0.29, 0.717) is 12.6 Å². The Morgan fingerprint density at radius 3 is 2.64 bits per heavy atom. The zero-order valence-electron chi connectivity index (χ0n) is 16.9. The van der Waals surface area contributed by atoms with Gasteiger partial charge in [-0.05, 0) is 42.7 Å². The van der Waals surface area contributed by atoms with E-state index in [1.807, 2.05) is 30.3 Å². The second kappa shape index (κ2) is 10.6. The highest BCUT2D eigenvalue weighted by Crippen LogP contribution is 2.27. The predicted molar refractivity (Wildman–Crippen MR) is 111 cm³/mol. The van der Waals surface area contributed by atoms with Gasteiger partial charge in [-0.15, -0.1) is 0 Å². The lowest BCUT2D eigenvalue weighted by Gasteiger charge is -2.25. The van der Waals surface area contributed by atoms with Crippen LogP contribution in [0.4, 0.5) is 0 Å². The smallest absolute Gasteiger partial charge is 0.191 e. The van der Waals surface area contributed by atoms with Crippen molar-refractivity contribution < 1.29 is 13.9 Å². The highest BCUT2D eigenvalue weighted by atomic mass is 16.5. The Labute approximate surface area is 167 Å². The van der Waals surface area contributed by atoms with Gasteiger partial charge in [-0.3, -0.25) is 0 Å². The second-order valence-electron chi connectivity index (χ2n) is 7.09. The van der Waals surface area contributed by atoms with Gasteiger partial charge in [0, 0.05) is 19.0 Å². The van der Waals surface area contributed by atoms with Crippen molar-refractivity contribution >= 4 is 5.96 Å². The Morgan fingerprint density at radius 2 is 1.93 bits per heavy atom. The van der Waals surface area contributed by atoms with E-state index in [0.717, 1.165) is 41.7 Å². The summed E-state index contributed by atoms with van der Waals surface area (Å²) in [6.45, 7) is 1.35. The minimum atomic E-state index is 0.494. The first-order chi connectivity index (χ1) is 13.8. The van der Waals surface area contributed by atoms with Crippen LogP contribution in [-0.4, -0.2) is 32.8 Å². The Balaban J connectivity index is 1.63. The molecule has 0 aliphatic heterocycles. The van der Waals surface area contributed by atoms with Gasteiger partial charge in [0.1, 0.15) is 5.76 Å². The Kier molecular flexibility index (Phi) is 7.64. The molecule has 2 aromatic rings. The number of rotatable bonds is 8. The van der Waals surface area contributed by atoms with Crippen molar-refractivity contribution in [3.05, 3.63) is 47.9 Å². The van der Waals surface area contributed by atoms with Crippen LogP contribution >= 0.6 is 0 Å². The number of nitrogens with one attached hydrogen (secondary N) is 2. The van der Waals surface area contributed by atoms with Gasteiger partial charge < -0.3 is 24.5 Å². The normalized spacial score (nSPS) is 15.3. The van der Waals surface area contributed by atoms with Crippen LogP contribution in [0, 0.1) is 0 Å². The van der Waals surface area contributed by atoms with Crippen molar-refractivity contribution in [3.63, 3.8) is 0 Å². The molecule has 1 saturated carbocycles. The van der Waals surface area contributed by atoms with E-state index in [9.17, 15) is 0 Å². The molecule has 0 radical (unpaired) electrons. The Hall–Kier alpha value is -2.63. The number of guanidine groups is 1. The molecule has 3 rings (SSSR count). The maximum absolute atomic E-state index is 5.42. The maximum atomic E-state index is 5.42. The molecule has 1 aliphatic rings. The van der Waals surface area contributed by atoms with Gasteiger partial charge >= 0.3 is 0 Å². The molecule has 1 aromatic carbocycles. The zero-order chi connectivity index (χ0) is 19.6. The summed E-state index contributed by atoms with van der Waals surface area (Å²) in [5.41, 5.74) is 1.08. The molecule has 0 bridgehead atoms. The summed E-state index contributed by atoms with van der Waals surface area (Å²) in [4.78, 5) is 4.81. The molecule has 0 spiro atoms. The number of nitrogens with zero attached hydrogens (tertiary/aromatic N) is 1. The standard InChI is InChI=1S/C22H31N3O3/c1-26-20-11-10-17(15-21(20)27-2)16-24-22(25-18-7-4-3-5-8-18)23-13-12-19-9-6-14-28-19/h6,9-11,14-15,18H,3-5,7-8,12-13,16H2,1-2H3,(H2,23,24,25). The average molecular weight is 386 g/mol. The average Bonchev–Trinajstić information content (AvgIpc) is 3.26. The van der Waals surface area contributed by atoms with E-state index in [1.54, 1.807) is 20.5 Å². The van der Waals surface area contributed by atoms with E-state index < -0.39 is 0 Å². The highest BCUT2D eigenvalue weighted by Gasteiger charge is 2.15. The first-order valence-corrected chi connectivity index (χ1v) is 10.1. The van der Waals surface area contributed by atoms with Crippen LogP contribution in [0.1, 0.15) is 43.4 Å². The van der Waals surface area contributed by atoms with Gasteiger partial charge in [-0.2, -0.15) is 0 Å². The van der Waals surface area contributed by atoms with Crippen molar-refractivity contribution in [2.24, 2.45) is 4.99 Å². The number of aliphatic imine (C=N–C) groups is 1. The van der Waals surface area contributed by atoms with Gasteiger partial charge in [0.25, 0.3) is 0 Å². The molecular formula is C22H31N3O3. The van der Waals surface area contributed by atoms with E-state index in [-0.39, 0.29) is 0 Å².